The van der Waals surface area contributed by atoms with Crippen molar-refractivity contribution in [1.82, 2.24) is 24.6 Å². The number of rotatable bonds is 10. The number of anilines is 6. The fraction of sp³-hybridized carbons (Fsp3) is 0.387. The minimum atomic E-state index is -3.48. The Morgan fingerprint density at radius 1 is 1.00 bits per heavy atom. The van der Waals surface area contributed by atoms with Crippen LogP contribution in [0.4, 0.5) is 34.5 Å². The molecule has 0 spiro atoms. The minimum absolute atomic E-state index is 0.328. The van der Waals surface area contributed by atoms with Gasteiger partial charge in [0.15, 0.2) is 0 Å². The number of ether oxygens (including phenoxy) is 2. The van der Waals surface area contributed by atoms with Gasteiger partial charge in [-0.3, -0.25) is 14.3 Å². The number of benzene rings is 2. The van der Waals surface area contributed by atoms with Crippen molar-refractivity contribution in [3.63, 3.8) is 0 Å². The van der Waals surface area contributed by atoms with Crippen LogP contribution in [-0.4, -0.2) is 91.9 Å². The average molecular weight is 713 g/mol. The molecule has 6 rings (SSSR count). The predicted octanol–water partition coefficient (Wildman–Crippen LogP) is 4.81. The zero-order chi connectivity index (χ0) is 32.3. The average Bonchev–Trinajstić information content (AvgIpc) is 3.49. The van der Waals surface area contributed by atoms with E-state index in [1.165, 1.54) is 0 Å². The lowest BCUT2D eigenvalue weighted by molar-refractivity contribution is 0.0115. The second-order valence-corrected chi connectivity index (χ2v) is 14.0. The molecule has 244 valence electrons. The minimum Gasteiger partial charge on any atom is -0.494 e. The van der Waals surface area contributed by atoms with Crippen molar-refractivity contribution in [1.29, 1.82) is 0 Å². The molecule has 2 aromatic heterocycles. The van der Waals surface area contributed by atoms with Crippen LogP contribution in [0.3, 0.4) is 0 Å². The van der Waals surface area contributed by atoms with Crippen LogP contribution >= 0.6 is 15.9 Å². The van der Waals surface area contributed by atoms with Gasteiger partial charge in [0.05, 0.1) is 54.3 Å². The van der Waals surface area contributed by atoms with E-state index in [1.54, 1.807) is 36.2 Å². The van der Waals surface area contributed by atoms with Crippen LogP contribution < -0.4 is 25.0 Å². The van der Waals surface area contributed by atoms with Crippen molar-refractivity contribution < 1.29 is 17.9 Å². The summed E-state index contributed by atoms with van der Waals surface area (Å²) in [6.07, 6.45) is 8.79. The van der Waals surface area contributed by atoms with Crippen LogP contribution in [0.25, 0.3) is 11.1 Å². The lowest BCUT2D eigenvalue weighted by Gasteiger charge is -2.41. The maximum atomic E-state index is 11.9. The summed E-state index contributed by atoms with van der Waals surface area (Å²) in [6.45, 7) is 5.49. The van der Waals surface area contributed by atoms with Gasteiger partial charge < -0.3 is 25.0 Å². The molecule has 2 fully saturated rings. The molecule has 3 N–H and O–H groups in total. The fourth-order valence-corrected chi connectivity index (χ4v) is 6.81. The van der Waals surface area contributed by atoms with Crippen molar-refractivity contribution in [3.8, 4) is 16.9 Å². The van der Waals surface area contributed by atoms with Crippen molar-refractivity contribution in [2.45, 2.75) is 18.9 Å². The van der Waals surface area contributed by atoms with Gasteiger partial charge in [-0.25, -0.2) is 13.4 Å². The van der Waals surface area contributed by atoms with Gasteiger partial charge in [-0.15, -0.1) is 0 Å². The number of hydrogen-bond donors (Lipinski definition) is 3. The third-order valence-corrected chi connectivity index (χ3v) is 9.34. The molecular formula is C31H38BrN9O4S. The molecule has 0 bridgehead atoms. The van der Waals surface area contributed by atoms with E-state index in [4.69, 9.17) is 14.5 Å². The van der Waals surface area contributed by atoms with Crippen LogP contribution in [-0.2, 0) is 21.8 Å². The molecule has 0 radical (unpaired) electrons. The van der Waals surface area contributed by atoms with Crippen LogP contribution in [0.2, 0.25) is 0 Å². The van der Waals surface area contributed by atoms with Gasteiger partial charge in [0.25, 0.3) is 0 Å². The van der Waals surface area contributed by atoms with E-state index in [9.17, 15) is 8.42 Å². The monoisotopic (exact) mass is 711 g/mol. The Balaban J connectivity index is 1.28. The molecule has 2 saturated heterocycles. The quantitative estimate of drug-likeness (QED) is 0.209. The SMILES string of the molecule is COc1cc(N2CCC(N3CCOCC3)CC2)c(-c2cnn(C)c2)cc1Nc1ncc(Br)c(Nc2ccccc2NS(C)(=O)=O)n1. The highest BCUT2D eigenvalue weighted by Gasteiger charge is 2.28. The molecule has 2 aliphatic rings. The van der Waals surface area contributed by atoms with Gasteiger partial charge in [-0.05, 0) is 47.0 Å². The second-order valence-electron chi connectivity index (χ2n) is 11.4. The summed E-state index contributed by atoms with van der Waals surface area (Å²) < 4.78 is 40.2. The van der Waals surface area contributed by atoms with E-state index >= 15 is 0 Å². The summed E-state index contributed by atoms with van der Waals surface area (Å²) in [5.74, 6) is 1.43. The number of nitrogens with zero attached hydrogens (tertiary/aromatic N) is 6. The standard InChI is InChI=1S/C31H38BrN9O4S/c1-39-20-21(18-34-39)23-16-27(29(44-2)17-28(23)41-10-8-22(9-11-41)40-12-14-45-15-13-40)36-31-33-19-24(32)30(37-31)35-25-6-4-5-7-26(25)38-46(3,42)43/h4-7,16-20,22,38H,8-15H2,1-3H3,(H2,33,35,36,37). The first kappa shape index (κ1) is 32.0. The van der Waals surface area contributed by atoms with E-state index in [1.807, 2.05) is 25.5 Å². The highest BCUT2D eigenvalue weighted by molar-refractivity contribution is 9.10. The normalized spacial score (nSPS) is 16.3. The number of morpholine rings is 1. The molecule has 0 unspecified atom stereocenters. The maximum Gasteiger partial charge on any atom is 0.229 e. The predicted molar refractivity (Wildman–Crippen MR) is 184 cm³/mol. The number of aromatic nitrogens is 4. The molecule has 4 aromatic rings. The van der Waals surface area contributed by atoms with Crippen LogP contribution in [0, 0.1) is 0 Å². The van der Waals surface area contributed by atoms with Gasteiger partial charge >= 0.3 is 0 Å². The third kappa shape index (κ3) is 7.54. The van der Waals surface area contributed by atoms with Crippen molar-refractivity contribution in [2.24, 2.45) is 7.05 Å². The van der Waals surface area contributed by atoms with Gasteiger partial charge in [0.1, 0.15) is 11.6 Å². The van der Waals surface area contributed by atoms with Crippen LogP contribution in [0.15, 0.2) is 59.5 Å². The first-order valence-corrected chi connectivity index (χ1v) is 17.8. The molecular weight excluding hydrogens is 674 g/mol. The summed E-state index contributed by atoms with van der Waals surface area (Å²) in [7, 11) is 0.0819. The number of nitrogens with one attached hydrogen (secondary N) is 3. The molecule has 0 aliphatic carbocycles. The number of piperidine rings is 1. The number of methoxy groups -OCH3 is 1. The Labute approximate surface area is 277 Å². The lowest BCUT2D eigenvalue weighted by atomic mass is 9.99. The first-order chi connectivity index (χ1) is 22.2. The van der Waals surface area contributed by atoms with Crippen molar-refractivity contribution >= 4 is 60.5 Å². The molecule has 13 nitrogen and oxygen atoms in total. The molecule has 46 heavy (non-hydrogen) atoms. The smallest absolute Gasteiger partial charge is 0.229 e. The number of sulfonamides is 1. The highest BCUT2D eigenvalue weighted by atomic mass is 79.9. The summed E-state index contributed by atoms with van der Waals surface area (Å²) in [5.41, 5.74) is 4.74. The van der Waals surface area contributed by atoms with Gasteiger partial charge in [0, 0.05) is 74.5 Å². The van der Waals surface area contributed by atoms with E-state index in [0.29, 0.717) is 45.1 Å². The Hall–Kier alpha value is -3.92. The summed E-state index contributed by atoms with van der Waals surface area (Å²) in [4.78, 5) is 14.2. The number of aryl methyl sites for hydroxylation is 1. The lowest BCUT2D eigenvalue weighted by Crippen LogP contribution is -2.49. The van der Waals surface area contributed by atoms with Crippen LogP contribution in [0.1, 0.15) is 12.8 Å². The Bertz CT molecular complexity index is 1790. The summed E-state index contributed by atoms with van der Waals surface area (Å²) >= 11 is 3.51. The topological polar surface area (TPSA) is 139 Å². The summed E-state index contributed by atoms with van der Waals surface area (Å²) in [6, 6.07) is 11.7. The highest BCUT2D eigenvalue weighted by Crippen LogP contribution is 2.41. The Kier molecular flexibility index (Phi) is 9.63. The number of para-hydroxylation sites is 2. The zero-order valence-electron chi connectivity index (χ0n) is 26.0. The van der Waals surface area contributed by atoms with E-state index in [0.717, 1.165) is 75.3 Å². The molecule has 0 amide bonds. The van der Waals surface area contributed by atoms with E-state index < -0.39 is 10.0 Å². The second kappa shape index (κ2) is 13.8. The Morgan fingerprint density at radius 2 is 1.74 bits per heavy atom. The van der Waals surface area contributed by atoms with Crippen molar-refractivity contribution in [3.05, 3.63) is 59.5 Å². The molecule has 4 heterocycles. The van der Waals surface area contributed by atoms with E-state index in [-0.39, 0.29) is 0 Å². The molecule has 0 atom stereocenters. The first-order valence-electron chi connectivity index (χ1n) is 15.1. The van der Waals surface area contributed by atoms with Gasteiger partial charge in [-0.1, -0.05) is 12.1 Å². The van der Waals surface area contributed by atoms with E-state index in [2.05, 4.69) is 63.3 Å². The summed E-state index contributed by atoms with van der Waals surface area (Å²) in [5, 5.41) is 11.0. The van der Waals surface area contributed by atoms with Gasteiger partial charge in [-0.2, -0.15) is 10.1 Å². The third-order valence-electron chi connectivity index (χ3n) is 8.17. The van der Waals surface area contributed by atoms with Crippen LogP contribution in [0.5, 0.6) is 5.75 Å². The van der Waals surface area contributed by atoms with Crippen molar-refractivity contribution in [2.75, 3.05) is 73.0 Å². The van der Waals surface area contributed by atoms with Gasteiger partial charge in [0.2, 0.25) is 16.0 Å². The molecule has 0 saturated carbocycles. The number of halogens is 1. The zero-order valence-corrected chi connectivity index (χ0v) is 28.4. The molecule has 2 aromatic carbocycles. The fourth-order valence-electron chi connectivity index (χ4n) is 5.95. The number of hydrogen-bond acceptors (Lipinski definition) is 11. The Morgan fingerprint density at radius 3 is 2.41 bits per heavy atom. The molecule has 2 aliphatic heterocycles. The molecule has 15 heteroatoms. The maximum absolute atomic E-state index is 11.9. The largest absolute Gasteiger partial charge is 0.494 e.